The van der Waals surface area contributed by atoms with Crippen LogP contribution >= 0.6 is 0 Å². The van der Waals surface area contributed by atoms with Gasteiger partial charge in [-0.05, 0) is 44.5 Å². The Morgan fingerprint density at radius 2 is 2.00 bits per heavy atom. The highest BCUT2D eigenvalue weighted by Crippen LogP contribution is 2.09. The molecule has 1 aliphatic heterocycles. The minimum Gasteiger partial charge on any atom is -0.310 e. The summed E-state index contributed by atoms with van der Waals surface area (Å²) < 4.78 is 0. The van der Waals surface area contributed by atoms with Crippen LogP contribution in [-0.4, -0.2) is 41.0 Å². The first-order valence-corrected chi connectivity index (χ1v) is 6.53. The van der Waals surface area contributed by atoms with Crippen LogP contribution < -0.4 is 5.32 Å². The first kappa shape index (κ1) is 12.5. The summed E-state index contributed by atoms with van der Waals surface area (Å²) in [5.41, 5.74) is 0. The summed E-state index contributed by atoms with van der Waals surface area (Å²) in [5.74, 6) is 1.57. The van der Waals surface area contributed by atoms with E-state index < -0.39 is 0 Å². The van der Waals surface area contributed by atoms with E-state index in [1.807, 2.05) is 6.07 Å². The highest BCUT2D eigenvalue weighted by molar-refractivity contribution is 4.87. The largest absolute Gasteiger partial charge is 0.310 e. The van der Waals surface area contributed by atoms with Crippen LogP contribution in [0.4, 0.5) is 0 Å². The second kappa shape index (κ2) is 6.67. The maximum absolute atomic E-state index is 4.19. The second-order valence-corrected chi connectivity index (χ2v) is 4.91. The van der Waals surface area contributed by atoms with E-state index in [-0.39, 0.29) is 0 Å². The second-order valence-electron chi connectivity index (χ2n) is 4.91. The lowest BCUT2D eigenvalue weighted by molar-refractivity contribution is 0.282. The van der Waals surface area contributed by atoms with E-state index in [9.17, 15) is 0 Å². The fraction of sp³-hybridized carbons (Fsp3) is 0.692. The average Bonchev–Trinajstić information content (AvgIpc) is 2.83. The van der Waals surface area contributed by atoms with Crippen molar-refractivity contribution in [1.29, 1.82) is 0 Å². The van der Waals surface area contributed by atoms with Crippen molar-refractivity contribution in [2.75, 3.05) is 26.2 Å². The van der Waals surface area contributed by atoms with Gasteiger partial charge in [-0.2, -0.15) is 0 Å². The molecule has 0 aliphatic carbocycles. The van der Waals surface area contributed by atoms with Crippen LogP contribution in [0.5, 0.6) is 0 Å². The molecule has 1 N–H and O–H groups in total. The summed E-state index contributed by atoms with van der Waals surface area (Å²) >= 11 is 0. The molecular weight excluding hydrogens is 212 g/mol. The van der Waals surface area contributed by atoms with E-state index in [0.29, 0.717) is 5.92 Å². The molecule has 2 rings (SSSR count). The van der Waals surface area contributed by atoms with Gasteiger partial charge in [0.05, 0.1) is 6.54 Å². The van der Waals surface area contributed by atoms with Gasteiger partial charge < -0.3 is 10.2 Å². The van der Waals surface area contributed by atoms with Crippen molar-refractivity contribution in [3.05, 3.63) is 24.3 Å². The Bertz CT molecular complexity index is 308. The molecule has 1 unspecified atom stereocenters. The molecule has 1 atom stereocenters. The van der Waals surface area contributed by atoms with Crippen LogP contribution in [0.2, 0.25) is 0 Å². The van der Waals surface area contributed by atoms with E-state index in [2.05, 4.69) is 27.1 Å². The fourth-order valence-corrected chi connectivity index (χ4v) is 2.32. The summed E-state index contributed by atoms with van der Waals surface area (Å²) in [6.07, 6.45) is 6.32. The number of likely N-dealkylation sites (tertiary alicyclic amines) is 1. The number of nitrogens with one attached hydrogen (secondary N) is 1. The standard InChI is InChI=1S/C13H22N4/c1-12(11-17-7-2-3-8-17)9-14-10-13-15-5-4-6-16-13/h4-6,12,14H,2-3,7-11H2,1H3. The Hall–Kier alpha value is -1.00. The highest BCUT2D eigenvalue weighted by Gasteiger charge is 2.14. The van der Waals surface area contributed by atoms with Gasteiger partial charge in [0.15, 0.2) is 0 Å². The molecule has 4 heteroatoms. The van der Waals surface area contributed by atoms with Crippen LogP contribution in [0.1, 0.15) is 25.6 Å². The van der Waals surface area contributed by atoms with E-state index in [4.69, 9.17) is 0 Å². The highest BCUT2D eigenvalue weighted by atomic mass is 15.1. The zero-order chi connectivity index (χ0) is 11.9. The third kappa shape index (κ3) is 4.40. The topological polar surface area (TPSA) is 41.1 Å². The summed E-state index contributed by atoms with van der Waals surface area (Å²) in [6.45, 7) is 7.89. The predicted molar refractivity (Wildman–Crippen MR) is 68.6 cm³/mol. The Labute approximate surface area is 103 Å². The van der Waals surface area contributed by atoms with Crippen LogP contribution in [0.25, 0.3) is 0 Å². The van der Waals surface area contributed by atoms with E-state index in [1.165, 1.54) is 32.5 Å². The molecule has 0 spiro atoms. The van der Waals surface area contributed by atoms with Gasteiger partial charge in [0.25, 0.3) is 0 Å². The molecule has 0 saturated carbocycles. The minimum absolute atomic E-state index is 0.691. The Balaban J connectivity index is 1.61. The van der Waals surface area contributed by atoms with E-state index in [0.717, 1.165) is 18.9 Å². The van der Waals surface area contributed by atoms with Gasteiger partial charge in [0, 0.05) is 18.9 Å². The first-order valence-electron chi connectivity index (χ1n) is 6.53. The molecule has 1 fully saturated rings. The lowest BCUT2D eigenvalue weighted by Gasteiger charge is -2.20. The van der Waals surface area contributed by atoms with Gasteiger partial charge in [-0.15, -0.1) is 0 Å². The number of rotatable bonds is 6. The van der Waals surface area contributed by atoms with Gasteiger partial charge in [-0.25, -0.2) is 9.97 Å². The molecule has 1 aromatic heterocycles. The van der Waals surface area contributed by atoms with Crippen molar-refractivity contribution in [3.8, 4) is 0 Å². The molecule has 1 saturated heterocycles. The molecule has 0 amide bonds. The van der Waals surface area contributed by atoms with Crippen LogP contribution in [0.15, 0.2) is 18.5 Å². The van der Waals surface area contributed by atoms with Crippen LogP contribution in [-0.2, 0) is 6.54 Å². The third-order valence-electron chi connectivity index (χ3n) is 3.16. The van der Waals surface area contributed by atoms with Crippen molar-refractivity contribution < 1.29 is 0 Å². The predicted octanol–water partition coefficient (Wildman–Crippen LogP) is 1.30. The lowest BCUT2D eigenvalue weighted by atomic mass is 10.1. The van der Waals surface area contributed by atoms with Gasteiger partial charge >= 0.3 is 0 Å². The van der Waals surface area contributed by atoms with Gasteiger partial charge in [-0.1, -0.05) is 6.92 Å². The Morgan fingerprint density at radius 1 is 1.29 bits per heavy atom. The molecule has 4 nitrogen and oxygen atoms in total. The minimum atomic E-state index is 0.691. The first-order chi connectivity index (χ1) is 8.34. The van der Waals surface area contributed by atoms with Gasteiger partial charge in [0.2, 0.25) is 0 Å². The van der Waals surface area contributed by atoms with Crippen molar-refractivity contribution in [2.24, 2.45) is 5.92 Å². The third-order valence-corrected chi connectivity index (χ3v) is 3.16. The smallest absolute Gasteiger partial charge is 0.141 e. The number of nitrogens with zero attached hydrogens (tertiary/aromatic N) is 3. The molecule has 2 heterocycles. The van der Waals surface area contributed by atoms with Gasteiger partial charge in [-0.3, -0.25) is 0 Å². The molecule has 94 valence electrons. The van der Waals surface area contributed by atoms with Crippen molar-refractivity contribution in [2.45, 2.75) is 26.3 Å². The van der Waals surface area contributed by atoms with Crippen molar-refractivity contribution in [1.82, 2.24) is 20.2 Å². The zero-order valence-electron chi connectivity index (χ0n) is 10.6. The maximum atomic E-state index is 4.19. The molecule has 1 aliphatic rings. The summed E-state index contributed by atoms with van der Waals surface area (Å²) in [6, 6.07) is 1.85. The quantitative estimate of drug-likeness (QED) is 0.805. The Morgan fingerprint density at radius 3 is 2.71 bits per heavy atom. The van der Waals surface area contributed by atoms with Crippen molar-refractivity contribution in [3.63, 3.8) is 0 Å². The summed E-state index contributed by atoms with van der Waals surface area (Å²) in [7, 11) is 0. The maximum Gasteiger partial charge on any atom is 0.141 e. The fourth-order valence-electron chi connectivity index (χ4n) is 2.32. The molecule has 0 aromatic carbocycles. The van der Waals surface area contributed by atoms with Crippen molar-refractivity contribution >= 4 is 0 Å². The summed E-state index contributed by atoms with van der Waals surface area (Å²) in [5, 5.41) is 3.42. The van der Waals surface area contributed by atoms with E-state index in [1.54, 1.807) is 12.4 Å². The molecule has 0 radical (unpaired) electrons. The number of hydrogen-bond donors (Lipinski definition) is 1. The lowest BCUT2D eigenvalue weighted by Crippen LogP contribution is -2.31. The number of hydrogen-bond acceptors (Lipinski definition) is 4. The number of aromatic nitrogens is 2. The van der Waals surface area contributed by atoms with Crippen LogP contribution in [0, 0.1) is 5.92 Å². The monoisotopic (exact) mass is 234 g/mol. The normalized spacial score (nSPS) is 18.4. The summed E-state index contributed by atoms with van der Waals surface area (Å²) in [4.78, 5) is 11.0. The van der Waals surface area contributed by atoms with Crippen LogP contribution in [0.3, 0.4) is 0 Å². The average molecular weight is 234 g/mol. The molecule has 1 aromatic rings. The SMILES string of the molecule is CC(CNCc1ncccn1)CN1CCCC1. The zero-order valence-corrected chi connectivity index (χ0v) is 10.6. The Kier molecular flexibility index (Phi) is 4.88. The molecule has 17 heavy (non-hydrogen) atoms. The molecular formula is C13H22N4. The van der Waals surface area contributed by atoms with E-state index >= 15 is 0 Å². The molecule has 0 bridgehead atoms. The van der Waals surface area contributed by atoms with Gasteiger partial charge in [0.1, 0.15) is 5.82 Å².